The third kappa shape index (κ3) is 4.51. The zero-order valence-corrected chi connectivity index (χ0v) is 20.4. The number of hydrogen-bond acceptors (Lipinski definition) is 3. The van der Waals surface area contributed by atoms with Gasteiger partial charge in [-0.3, -0.25) is 0 Å². The molecule has 7 heteroatoms. The third-order valence-electron chi connectivity index (χ3n) is 5.17. The van der Waals surface area contributed by atoms with Crippen LogP contribution in [0.1, 0.15) is 26.3 Å². The minimum Gasteiger partial charge on any atom is -0.403 e. The van der Waals surface area contributed by atoms with E-state index in [9.17, 15) is 8.42 Å². The van der Waals surface area contributed by atoms with Crippen molar-refractivity contribution in [2.24, 2.45) is 0 Å². The summed E-state index contributed by atoms with van der Waals surface area (Å²) >= 11 is 6.40. The summed E-state index contributed by atoms with van der Waals surface area (Å²) in [5, 5.41) is 2.19. The molecule has 0 bridgehead atoms. The fourth-order valence-corrected chi connectivity index (χ4v) is 9.91. The lowest BCUT2D eigenvalue weighted by molar-refractivity contribution is 0.286. The summed E-state index contributed by atoms with van der Waals surface area (Å²) in [6, 6.07) is 25.3. The number of benzene rings is 3. The quantitative estimate of drug-likeness (QED) is 0.354. The van der Waals surface area contributed by atoms with Crippen LogP contribution in [0, 0.1) is 0 Å². The number of halogens is 2. The summed E-state index contributed by atoms with van der Waals surface area (Å²) in [4.78, 5) is -0.102. The van der Waals surface area contributed by atoms with Crippen molar-refractivity contribution in [1.82, 2.24) is 0 Å². The van der Waals surface area contributed by atoms with Gasteiger partial charge in [-0.1, -0.05) is 105 Å². The predicted molar refractivity (Wildman–Crippen MR) is 127 cm³/mol. The van der Waals surface area contributed by atoms with E-state index in [1.165, 1.54) is 6.07 Å². The second kappa shape index (κ2) is 8.85. The average molecular weight is 480 g/mol. The fraction of sp³-hybridized carbons (Fsp3) is 0.217. The Hall–Kier alpha value is -1.63. The van der Waals surface area contributed by atoms with Gasteiger partial charge < -0.3 is 4.43 Å². The minimum atomic E-state index is -3.95. The van der Waals surface area contributed by atoms with Crippen molar-refractivity contribution in [3.05, 3.63) is 89.4 Å². The van der Waals surface area contributed by atoms with E-state index >= 15 is 0 Å². The monoisotopic (exact) mass is 478 g/mol. The first-order valence-corrected chi connectivity index (χ1v) is 14.1. The molecule has 0 amide bonds. The molecule has 3 nitrogen and oxygen atoms in total. The van der Waals surface area contributed by atoms with Crippen LogP contribution in [0.4, 0.5) is 0 Å². The molecule has 0 aliphatic heterocycles. The Morgan fingerprint density at radius 2 is 1.33 bits per heavy atom. The smallest absolute Gasteiger partial charge is 0.262 e. The van der Waals surface area contributed by atoms with Crippen LogP contribution in [0.5, 0.6) is 0 Å². The second-order valence-electron chi connectivity index (χ2n) is 8.12. The SMILES string of the molecule is CC(C)(C)[Si](OCc1cccc(S(=O)(=O)Cl)c1Cl)(c1ccccc1)c1ccccc1. The molecule has 0 heterocycles. The molecule has 3 rings (SSSR count). The molecule has 0 spiro atoms. The van der Waals surface area contributed by atoms with E-state index in [0.717, 1.165) is 10.4 Å². The van der Waals surface area contributed by atoms with Crippen molar-refractivity contribution < 1.29 is 12.8 Å². The Kier molecular flexibility index (Phi) is 6.80. The van der Waals surface area contributed by atoms with Gasteiger partial charge in [-0.2, -0.15) is 0 Å². The summed E-state index contributed by atoms with van der Waals surface area (Å²) in [5.41, 5.74) is 0.589. The molecule has 0 aliphatic rings. The van der Waals surface area contributed by atoms with Crippen molar-refractivity contribution >= 4 is 50.0 Å². The summed E-state index contributed by atoms with van der Waals surface area (Å²) in [5.74, 6) is 0. The highest BCUT2D eigenvalue weighted by molar-refractivity contribution is 8.13. The molecule has 30 heavy (non-hydrogen) atoms. The van der Waals surface area contributed by atoms with Gasteiger partial charge in [-0.05, 0) is 27.0 Å². The zero-order valence-electron chi connectivity index (χ0n) is 17.1. The van der Waals surface area contributed by atoms with Gasteiger partial charge in [0.05, 0.1) is 11.6 Å². The van der Waals surface area contributed by atoms with Crippen molar-refractivity contribution in [3.8, 4) is 0 Å². The lowest BCUT2D eigenvalue weighted by atomic mass is 10.2. The molecular formula is C23H24Cl2O3SSi. The Bertz CT molecular complexity index is 1070. The molecule has 0 aliphatic carbocycles. The van der Waals surface area contributed by atoms with Gasteiger partial charge in [0.15, 0.2) is 0 Å². The van der Waals surface area contributed by atoms with Gasteiger partial charge in [0.2, 0.25) is 0 Å². The number of hydrogen-bond donors (Lipinski definition) is 0. The van der Waals surface area contributed by atoms with Gasteiger partial charge in [0, 0.05) is 10.7 Å². The maximum atomic E-state index is 11.9. The highest BCUT2D eigenvalue weighted by Crippen LogP contribution is 2.38. The molecule has 3 aromatic carbocycles. The Labute approximate surface area is 189 Å². The predicted octanol–water partition coefficient (Wildman–Crippen LogP) is 5.34. The van der Waals surface area contributed by atoms with E-state index in [2.05, 4.69) is 45.0 Å². The molecular weight excluding hydrogens is 455 g/mol. The standard InChI is InChI=1S/C23H24Cl2O3SSi/c1-23(2,3)30(19-12-6-4-7-13-19,20-14-8-5-9-15-20)28-17-18-11-10-16-21(22(18)24)29(25,26)27/h4-16H,17H2,1-3H3. The zero-order chi connectivity index (χ0) is 22.0. The Morgan fingerprint density at radius 3 is 1.77 bits per heavy atom. The van der Waals surface area contributed by atoms with E-state index in [1.54, 1.807) is 12.1 Å². The second-order valence-corrected chi connectivity index (χ2v) is 15.3. The van der Waals surface area contributed by atoms with E-state index in [-0.39, 0.29) is 21.6 Å². The summed E-state index contributed by atoms with van der Waals surface area (Å²) in [6.07, 6.45) is 0. The van der Waals surface area contributed by atoms with Crippen LogP contribution in [-0.4, -0.2) is 16.7 Å². The normalized spacial score (nSPS) is 12.7. The van der Waals surface area contributed by atoms with Gasteiger partial charge in [0.1, 0.15) is 4.90 Å². The van der Waals surface area contributed by atoms with Crippen LogP contribution in [0.2, 0.25) is 10.1 Å². The summed E-state index contributed by atoms with van der Waals surface area (Å²) < 4.78 is 30.5. The Morgan fingerprint density at radius 1 is 0.833 bits per heavy atom. The van der Waals surface area contributed by atoms with Gasteiger partial charge in [-0.25, -0.2) is 8.42 Å². The minimum absolute atomic E-state index is 0.102. The van der Waals surface area contributed by atoms with E-state index < -0.39 is 17.4 Å². The van der Waals surface area contributed by atoms with Crippen molar-refractivity contribution in [3.63, 3.8) is 0 Å². The van der Waals surface area contributed by atoms with Gasteiger partial charge in [0.25, 0.3) is 17.4 Å². The lowest BCUT2D eigenvalue weighted by Gasteiger charge is -2.43. The van der Waals surface area contributed by atoms with E-state index in [4.69, 9.17) is 26.7 Å². The van der Waals surface area contributed by atoms with Crippen LogP contribution < -0.4 is 10.4 Å². The highest BCUT2D eigenvalue weighted by atomic mass is 35.7. The van der Waals surface area contributed by atoms with Crippen LogP contribution in [0.15, 0.2) is 83.8 Å². The fourth-order valence-electron chi connectivity index (χ4n) is 3.80. The number of rotatable bonds is 6. The van der Waals surface area contributed by atoms with Gasteiger partial charge >= 0.3 is 0 Å². The maximum absolute atomic E-state index is 11.9. The summed E-state index contributed by atoms with van der Waals surface area (Å²) in [6.45, 7) is 6.72. The van der Waals surface area contributed by atoms with Gasteiger partial charge in [-0.15, -0.1) is 0 Å². The average Bonchev–Trinajstić information content (AvgIpc) is 2.69. The molecule has 0 radical (unpaired) electrons. The molecule has 0 atom stereocenters. The summed E-state index contributed by atoms with van der Waals surface area (Å²) in [7, 11) is -1.16. The molecule has 0 aromatic heterocycles. The molecule has 0 unspecified atom stereocenters. The largest absolute Gasteiger partial charge is 0.403 e. The van der Waals surface area contributed by atoms with Crippen LogP contribution >= 0.6 is 22.3 Å². The molecule has 0 saturated heterocycles. The first-order valence-electron chi connectivity index (χ1n) is 9.54. The third-order valence-corrected chi connectivity index (χ3v) is 12.1. The maximum Gasteiger partial charge on any atom is 0.262 e. The first kappa shape index (κ1) is 23.0. The van der Waals surface area contributed by atoms with Crippen molar-refractivity contribution in [2.75, 3.05) is 0 Å². The molecule has 0 fully saturated rings. The molecule has 158 valence electrons. The van der Waals surface area contributed by atoms with E-state index in [0.29, 0.717) is 5.56 Å². The van der Waals surface area contributed by atoms with E-state index in [1.807, 2.05) is 36.4 Å². The topological polar surface area (TPSA) is 43.4 Å². The first-order chi connectivity index (χ1) is 14.1. The van der Waals surface area contributed by atoms with Crippen molar-refractivity contribution in [1.29, 1.82) is 0 Å². The Balaban J connectivity index is 2.14. The molecule has 0 saturated carbocycles. The van der Waals surface area contributed by atoms with Crippen molar-refractivity contribution in [2.45, 2.75) is 37.3 Å². The molecule has 0 N–H and O–H groups in total. The van der Waals surface area contributed by atoms with Crippen LogP contribution in [0.3, 0.4) is 0 Å². The molecule has 3 aromatic rings. The highest BCUT2D eigenvalue weighted by Gasteiger charge is 2.50. The van der Waals surface area contributed by atoms with Crippen LogP contribution in [-0.2, 0) is 20.1 Å². The van der Waals surface area contributed by atoms with Crippen LogP contribution in [0.25, 0.3) is 0 Å². The lowest BCUT2D eigenvalue weighted by Crippen LogP contribution is -2.66.